The molecule has 2 aliphatic rings. The third kappa shape index (κ3) is 5.45. The number of hydrogen-bond donors (Lipinski definition) is 0. The largest absolute Gasteiger partial charge is 0.497 e. The first-order chi connectivity index (χ1) is 13.2. The Morgan fingerprint density at radius 2 is 2.15 bits per heavy atom. The van der Waals surface area contributed by atoms with Gasteiger partial charge in [-0.2, -0.15) is 0 Å². The van der Waals surface area contributed by atoms with Gasteiger partial charge >= 0.3 is 0 Å². The van der Waals surface area contributed by atoms with Crippen molar-refractivity contribution in [2.75, 3.05) is 40.0 Å². The maximum absolute atomic E-state index is 13.1. The molecule has 148 valence electrons. The van der Waals surface area contributed by atoms with E-state index in [4.69, 9.17) is 9.47 Å². The monoisotopic (exact) mass is 374 g/mol. The third-order valence-electron chi connectivity index (χ3n) is 5.44. The highest BCUT2D eigenvalue weighted by molar-refractivity contribution is 5.79. The molecule has 0 saturated carbocycles. The van der Waals surface area contributed by atoms with E-state index in [-0.39, 0.29) is 17.9 Å². The minimum atomic E-state index is 0.142. The number of likely N-dealkylation sites (tertiary alicyclic amines) is 1. The van der Waals surface area contributed by atoms with Crippen molar-refractivity contribution in [1.29, 1.82) is 0 Å². The summed E-state index contributed by atoms with van der Waals surface area (Å²) < 4.78 is 10.7. The van der Waals surface area contributed by atoms with Crippen molar-refractivity contribution < 1.29 is 19.1 Å². The maximum atomic E-state index is 13.1. The number of carbonyl (C=O) groups excluding carboxylic acids is 2. The van der Waals surface area contributed by atoms with E-state index in [0.29, 0.717) is 32.6 Å². The van der Waals surface area contributed by atoms with Crippen LogP contribution in [0.2, 0.25) is 0 Å². The van der Waals surface area contributed by atoms with E-state index in [2.05, 4.69) is 0 Å². The Morgan fingerprint density at radius 1 is 1.33 bits per heavy atom. The van der Waals surface area contributed by atoms with Crippen molar-refractivity contribution >= 4 is 11.8 Å². The topological polar surface area (TPSA) is 59.1 Å². The number of methoxy groups -OCH3 is 1. The summed E-state index contributed by atoms with van der Waals surface area (Å²) in [4.78, 5) is 28.8. The average molecular weight is 374 g/mol. The fourth-order valence-corrected chi connectivity index (χ4v) is 3.94. The summed E-state index contributed by atoms with van der Waals surface area (Å²) >= 11 is 0. The summed E-state index contributed by atoms with van der Waals surface area (Å²) in [5.74, 6) is 1.16. The van der Waals surface area contributed by atoms with Crippen molar-refractivity contribution in [3.8, 4) is 5.75 Å². The minimum Gasteiger partial charge on any atom is -0.497 e. The number of rotatable bonds is 8. The van der Waals surface area contributed by atoms with Crippen LogP contribution >= 0.6 is 0 Å². The lowest BCUT2D eigenvalue weighted by atomic mass is 10.0. The lowest BCUT2D eigenvalue weighted by molar-refractivity contribution is -0.134. The van der Waals surface area contributed by atoms with Gasteiger partial charge in [0.15, 0.2) is 0 Å². The lowest BCUT2D eigenvalue weighted by Gasteiger charge is -2.35. The second-order valence-corrected chi connectivity index (χ2v) is 7.30. The Hall–Kier alpha value is -2.08. The number of nitrogens with zero attached hydrogens (tertiary/aromatic N) is 2. The van der Waals surface area contributed by atoms with Gasteiger partial charge in [-0.25, -0.2) is 0 Å². The van der Waals surface area contributed by atoms with E-state index >= 15 is 0 Å². The fourth-order valence-electron chi connectivity index (χ4n) is 3.94. The molecule has 0 bridgehead atoms. The Balaban J connectivity index is 1.61. The van der Waals surface area contributed by atoms with Gasteiger partial charge in [-0.1, -0.05) is 12.1 Å². The molecule has 0 atom stereocenters. The van der Waals surface area contributed by atoms with Crippen molar-refractivity contribution in [2.45, 2.75) is 44.6 Å². The smallest absolute Gasteiger partial charge is 0.227 e. The van der Waals surface area contributed by atoms with Crippen LogP contribution in [0, 0.1) is 0 Å². The molecule has 0 aromatic heterocycles. The van der Waals surface area contributed by atoms with Gasteiger partial charge in [-0.05, 0) is 43.4 Å². The molecule has 2 aliphatic heterocycles. The van der Waals surface area contributed by atoms with E-state index in [0.717, 1.165) is 50.1 Å². The number of hydrogen-bond acceptors (Lipinski definition) is 4. The van der Waals surface area contributed by atoms with Crippen LogP contribution in [0.4, 0.5) is 0 Å². The second-order valence-electron chi connectivity index (χ2n) is 7.30. The van der Waals surface area contributed by atoms with E-state index < -0.39 is 0 Å². The predicted octanol–water partition coefficient (Wildman–Crippen LogP) is 2.26. The molecule has 0 N–H and O–H groups in total. The highest BCUT2D eigenvalue weighted by atomic mass is 16.5. The second kappa shape index (κ2) is 9.74. The summed E-state index contributed by atoms with van der Waals surface area (Å²) in [6, 6.07) is 7.91. The molecule has 1 aromatic carbocycles. The van der Waals surface area contributed by atoms with Crippen LogP contribution in [0.5, 0.6) is 5.75 Å². The zero-order chi connectivity index (χ0) is 19.1. The van der Waals surface area contributed by atoms with E-state index in [1.165, 1.54) is 0 Å². The molecule has 0 spiro atoms. The van der Waals surface area contributed by atoms with Gasteiger partial charge in [0.05, 0.1) is 13.5 Å². The van der Waals surface area contributed by atoms with Crippen molar-refractivity contribution in [1.82, 2.24) is 9.80 Å². The molecule has 2 fully saturated rings. The van der Waals surface area contributed by atoms with E-state index in [1.807, 2.05) is 34.1 Å². The summed E-state index contributed by atoms with van der Waals surface area (Å²) in [6.07, 6.45) is 4.58. The maximum Gasteiger partial charge on any atom is 0.227 e. The van der Waals surface area contributed by atoms with Crippen molar-refractivity contribution in [3.63, 3.8) is 0 Å². The molecule has 2 heterocycles. The Morgan fingerprint density at radius 3 is 2.85 bits per heavy atom. The Bertz CT molecular complexity index is 643. The van der Waals surface area contributed by atoms with Crippen LogP contribution in [0.1, 0.15) is 37.7 Å². The van der Waals surface area contributed by atoms with Gasteiger partial charge in [0.1, 0.15) is 5.75 Å². The van der Waals surface area contributed by atoms with Gasteiger partial charge in [0.25, 0.3) is 0 Å². The first kappa shape index (κ1) is 19.7. The average Bonchev–Trinajstić information content (AvgIpc) is 3.10. The molecule has 0 aliphatic carbocycles. The normalized spacial score (nSPS) is 18.0. The number of ether oxygens (including phenoxy) is 2. The van der Waals surface area contributed by atoms with Gasteiger partial charge in [0.2, 0.25) is 11.8 Å². The molecular formula is C21H30N2O4. The molecule has 27 heavy (non-hydrogen) atoms. The molecular weight excluding hydrogens is 344 g/mol. The predicted molar refractivity (Wildman–Crippen MR) is 103 cm³/mol. The highest BCUT2D eigenvalue weighted by Gasteiger charge is 2.26. The SMILES string of the molecule is COc1cccc(CC(=O)N(CCCN2CCCC2=O)C2CCOCC2)c1. The Labute approximate surface area is 161 Å². The highest BCUT2D eigenvalue weighted by Crippen LogP contribution is 2.19. The van der Waals surface area contributed by atoms with Crippen molar-refractivity contribution in [2.24, 2.45) is 0 Å². The summed E-state index contributed by atoms with van der Waals surface area (Å²) in [5, 5.41) is 0. The lowest BCUT2D eigenvalue weighted by Crippen LogP contribution is -2.45. The van der Waals surface area contributed by atoms with Crippen LogP contribution in [-0.4, -0.2) is 67.6 Å². The first-order valence-corrected chi connectivity index (χ1v) is 9.95. The molecule has 0 unspecified atom stereocenters. The third-order valence-corrected chi connectivity index (χ3v) is 5.44. The van der Waals surface area contributed by atoms with Gasteiger partial charge < -0.3 is 19.3 Å². The molecule has 6 nitrogen and oxygen atoms in total. The van der Waals surface area contributed by atoms with Gasteiger partial charge in [-0.15, -0.1) is 0 Å². The molecule has 0 radical (unpaired) electrons. The van der Waals surface area contributed by atoms with Crippen LogP contribution in [0.3, 0.4) is 0 Å². The minimum absolute atomic E-state index is 0.142. The number of carbonyl (C=O) groups is 2. The van der Waals surface area contributed by atoms with Crippen LogP contribution in [-0.2, 0) is 20.7 Å². The molecule has 6 heteroatoms. The molecule has 1 aromatic rings. The summed E-state index contributed by atoms with van der Waals surface area (Å²) in [7, 11) is 1.63. The summed E-state index contributed by atoms with van der Waals surface area (Å²) in [5.41, 5.74) is 0.964. The van der Waals surface area contributed by atoms with Crippen LogP contribution < -0.4 is 4.74 Å². The van der Waals surface area contributed by atoms with Gasteiger partial charge in [0, 0.05) is 45.3 Å². The molecule has 2 amide bonds. The van der Waals surface area contributed by atoms with E-state index in [1.54, 1.807) is 7.11 Å². The standard InChI is InChI=1S/C21H30N2O4/c1-26-19-6-2-5-17(15-19)16-21(25)23(18-8-13-27-14-9-18)12-4-11-22-10-3-7-20(22)24/h2,5-6,15,18H,3-4,7-14,16H2,1H3. The molecule has 3 rings (SSSR count). The first-order valence-electron chi connectivity index (χ1n) is 9.95. The summed E-state index contributed by atoms with van der Waals surface area (Å²) in [6.45, 7) is 3.70. The van der Waals surface area contributed by atoms with E-state index in [9.17, 15) is 9.59 Å². The molecule has 2 saturated heterocycles. The van der Waals surface area contributed by atoms with Crippen LogP contribution in [0.25, 0.3) is 0 Å². The van der Waals surface area contributed by atoms with Crippen molar-refractivity contribution in [3.05, 3.63) is 29.8 Å². The number of benzene rings is 1. The fraction of sp³-hybridized carbons (Fsp3) is 0.619. The Kier molecular flexibility index (Phi) is 7.10. The zero-order valence-electron chi connectivity index (χ0n) is 16.2. The zero-order valence-corrected chi connectivity index (χ0v) is 16.2. The number of amides is 2. The van der Waals surface area contributed by atoms with Gasteiger partial charge in [-0.3, -0.25) is 9.59 Å². The van der Waals surface area contributed by atoms with Crippen LogP contribution in [0.15, 0.2) is 24.3 Å². The quantitative estimate of drug-likeness (QED) is 0.700.